The predicted octanol–water partition coefficient (Wildman–Crippen LogP) is 4.26. The zero-order chi connectivity index (χ0) is 16.6. The van der Waals surface area contributed by atoms with Gasteiger partial charge in [-0.15, -0.1) is 0 Å². The van der Waals surface area contributed by atoms with E-state index in [0.717, 1.165) is 51.2 Å². The lowest BCUT2D eigenvalue weighted by Gasteiger charge is -2.57. The lowest BCUT2D eigenvalue weighted by Crippen LogP contribution is -2.52. The summed E-state index contributed by atoms with van der Waals surface area (Å²) in [4.78, 5) is 12.5. The highest BCUT2D eigenvalue weighted by atomic mass is 16.7. The largest absolute Gasteiger partial charge is 0.347 e. The van der Waals surface area contributed by atoms with Gasteiger partial charge in [0, 0.05) is 24.7 Å². The molecule has 1 aliphatic heterocycles. The molecule has 0 aromatic carbocycles. The Labute approximate surface area is 145 Å². The molecule has 5 atom stereocenters. The van der Waals surface area contributed by atoms with E-state index in [4.69, 9.17) is 9.47 Å². The van der Waals surface area contributed by atoms with E-state index in [1.54, 1.807) is 5.57 Å². The Morgan fingerprint density at radius 2 is 1.75 bits per heavy atom. The summed E-state index contributed by atoms with van der Waals surface area (Å²) in [5, 5.41) is 0. The number of Topliss-reactive ketones (excluding diaryl/α,β-unsaturated/α-hetero) is 1. The first-order valence-corrected chi connectivity index (χ1v) is 9.98. The van der Waals surface area contributed by atoms with Crippen LogP contribution < -0.4 is 0 Å². The third-order valence-electron chi connectivity index (χ3n) is 8.63. The van der Waals surface area contributed by atoms with Crippen LogP contribution in [0.5, 0.6) is 0 Å². The van der Waals surface area contributed by atoms with Gasteiger partial charge in [-0.05, 0) is 55.3 Å². The molecule has 5 rings (SSSR count). The average Bonchev–Trinajstić information content (AvgIpc) is 3.14. The first-order valence-electron chi connectivity index (χ1n) is 9.98. The molecule has 0 N–H and O–H groups in total. The molecule has 132 valence electrons. The van der Waals surface area contributed by atoms with Crippen LogP contribution in [0.3, 0.4) is 0 Å². The van der Waals surface area contributed by atoms with E-state index >= 15 is 0 Å². The van der Waals surface area contributed by atoms with Crippen molar-refractivity contribution in [1.29, 1.82) is 0 Å². The third kappa shape index (κ3) is 1.89. The zero-order valence-corrected chi connectivity index (χ0v) is 15.1. The zero-order valence-electron chi connectivity index (χ0n) is 15.1. The number of fused-ring (bicyclic) bond motifs is 5. The number of ether oxygens (including phenoxy) is 2. The van der Waals surface area contributed by atoms with Gasteiger partial charge in [0.25, 0.3) is 0 Å². The minimum Gasteiger partial charge on any atom is -0.347 e. The van der Waals surface area contributed by atoms with E-state index in [-0.39, 0.29) is 11.2 Å². The SMILES string of the molecule is C[C@]12CCC3(CC1=CC[C@@H]1[C@H]2CC[C@]2(C)C(=O)CC[C@@H]12)OCCO3. The summed E-state index contributed by atoms with van der Waals surface area (Å²) in [6.45, 7) is 6.26. The van der Waals surface area contributed by atoms with Crippen molar-refractivity contribution in [3.63, 3.8) is 0 Å². The van der Waals surface area contributed by atoms with Gasteiger partial charge in [0.15, 0.2) is 5.79 Å². The van der Waals surface area contributed by atoms with Crippen LogP contribution in [-0.2, 0) is 14.3 Å². The van der Waals surface area contributed by atoms with Crippen LogP contribution in [0.2, 0.25) is 0 Å². The fraction of sp³-hybridized carbons (Fsp3) is 0.857. The Balaban J connectivity index is 1.47. The summed E-state index contributed by atoms with van der Waals surface area (Å²) in [5.41, 5.74) is 1.87. The quantitative estimate of drug-likeness (QED) is 0.623. The van der Waals surface area contributed by atoms with Crippen molar-refractivity contribution in [1.82, 2.24) is 0 Å². The lowest BCUT2D eigenvalue weighted by molar-refractivity contribution is -0.185. The fourth-order valence-corrected chi connectivity index (χ4v) is 7.12. The minimum atomic E-state index is -0.315. The Kier molecular flexibility index (Phi) is 3.21. The molecule has 0 unspecified atom stereocenters. The molecule has 5 aliphatic rings. The van der Waals surface area contributed by atoms with Crippen molar-refractivity contribution in [2.24, 2.45) is 28.6 Å². The summed E-state index contributed by atoms with van der Waals surface area (Å²) in [5.74, 6) is 2.31. The van der Waals surface area contributed by atoms with Gasteiger partial charge in [-0.2, -0.15) is 0 Å². The molecule has 1 spiro atoms. The van der Waals surface area contributed by atoms with E-state index < -0.39 is 0 Å². The van der Waals surface area contributed by atoms with Crippen LogP contribution in [0, 0.1) is 28.6 Å². The maximum atomic E-state index is 12.5. The maximum absolute atomic E-state index is 12.5. The number of rotatable bonds is 0. The van der Waals surface area contributed by atoms with E-state index in [1.165, 1.54) is 19.3 Å². The molecule has 4 aliphatic carbocycles. The number of hydrogen-bond acceptors (Lipinski definition) is 3. The number of carbonyl (C=O) groups is 1. The van der Waals surface area contributed by atoms with Crippen molar-refractivity contribution in [3.8, 4) is 0 Å². The topological polar surface area (TPSA) is 35.5 Å². The molecular formula is C21H30O3. The molecule has 1 saturated heterocycles. The fourth-order valence-electron chi connectivity index (χ4n) is 7.12. The van der Waals surface area contributed by atoms with Crippen molar-refractivity contribution in [3.05, 3.63) is 11.6 Å². The van der Waals surface area contributed by atoms with Crippen molar-refractivity contribution >= 4 is 5.78 Å². The van der Waals surface area contributed by atoms with Gasteiger partial charge in [0.2, 0.25) is 0 Å². The van der Waals surface area contributed by atoms with Crippen LogP contribution in [0.25, 0.3) is 0 Å². The molecule has 0 aromatic heterocycles. The summed E-state index contributed by atoms with van der Waals surface area (Å²) >= 11 is 0. The van der Waals surface area contributed by atoms with E-state index in [2.05, 4.69) is 19.9 Å². The van der Waals surface area contributed by atoms with Crippen LogP contribution in [0.4, 0.5) is 0 Å². The number of carbonyl (C=O) groups excluding carboxylic acids is 1. The van der Waals surface area contributed by atoms with Gasteiger partial charge in [-0.25, -0.2) is 0 Å². The molecule has 0 radical (unpaired) electrons. The van der Waals surface area contributed by atoms with Gasteiger partial charge >= 0.3 is 0 Å². The minimum absolute atomic E-state index is 0.0174. The van der Waals surface area contributed by atoms with Crippen LogP contribution in [0.15, 0.2) is 11.6 Å². The molecular weight excluding hydrogens is 300 g/mol. The highest BCUT2D eigenvalue weighted by Gasteiger charge is 2.60. The molecule has 3 saturated carbocycles. The molecule has 4 fully saturated rings. The van der Waals surface area contributed by atoms with E-state index in [1.807, 2.05) is 0 Å². The van der Waals surface area contributed by atoms with Gasteiger partial charge in [0.05, 0.1) is 13.2 Å². The van der Waals surface area contributed by atoms with Gasteiger partial charge in [0.1, 0.15) is 5.78 Å². The van der Waals surface area contributed by atoms with Crippen LogP contribution >= 0.6 is 0 Å². The molecule has 24 heavy (non-hydrogen) atoms. The number of allylic oxidation sites excluding steroid dienone is 1. The summed E-state index contributed by atoms with van der Waals surface area (Å²) in [6, 6.07) is 0. The Hall–Kier alpha value is -0.670. The number of ketones is 1. The first kappa shape index (κ1) is 15.6. The molecule has 0 amide bonds. The average molecular weight is 330 g/mol. The van der Waals surface area contributed by atoms with Crippen molar-refractivity contribution in [2.45, 2.75) is 71.0 Å². The second-order valence-corrected chi connectivity index (χ2v) is 9.46. The smallest absolute Gasteiger partial charge is 0.172 e. The standard InChI is InChI=1S/C21H30O3/c1-19-9-10-21(23-11-12-24-21)13-14(19)3-4-15-16-5-6-18(22)20(16,2)8-7-17(15)19/h3,15-17H,4-13H2,1-2H3/t15-,16-,17+,19-,20-/m0/s1. The van der Waals surface area contributed by atoms with Gasteiger partial charge in [-0.1, -0.05) is 25.5 Å². The Morgan fingerprint density at radius 3 is 2.54 bits per heavy atom. The Morgan fingerprint density at radius 1 is 1.00 bits per heavy atom. The molecule has 0 bridgehead atoms. The highest BCUT2D eigenvalue weighted by Crippen LogP contribution is 2.65. The second kappa shape index (κ2) is 4.94. The van der Waals surface area contributed by atoms with E-state index in [0.29, 0.717) is 23.0 Å². The molecule has 3 heteroatoms. The van der Waals surface area contributed by atoms with Crippen molar-refractivity contribution < 1.29 is 14.3 Å². The lowest BCUT2D eigenvalue weighted by atomic mass is 9.48. The van der Waals surface area contributed by atoms with Crippen molar-refractivity contribution in [2.75, 3.05) is 13.2 Å². The maximum Gasteiger partial charge on any atom is 0.172 e. The molecule has 1 heterocycles. The number of hydrogen-bond donors (Lipinski definition) is 0. The van der Waals surface area contributed by atoms with Gasteiger partial charge in [-0.3, -0.25) is 4.79 Å². The van der Waals surface area contributed by atoms with Gasteiger partial charge < -0.3 is 9.47 Å². The Bertz CT molecular complexity index is 602. The third-order valence-corrected chi connectivity index (χ3v) is 8.63. The highest BCUT2D eigenvalue weighted by molar-refractivity contribution is 5.87. The first-order chi connectivity index (χ1) is 11.5. The second-order valence-electron chi connectivity index (χ2n) is 9.46. The van der Waals surface area contributed by atoms with Crippen LogP contribution in [-0.4, -0.2) is 24.8 Å². The normalized spacial score (nSPS) is 49.5. The monoisotopic (exact) mass is 330 g/mol. The summed E-state index contributed by atoms with van der Waals surface area (Å²) < 4.78 is 12.0. The predicted molar refractivity (Wildman–Crippen MR) is 91.3 cm³/mol. The van der Waals surface area contributed by atoms with Crippen LogP contribution in [0.1, 0.15) is 65.2 Å². The van der Waals surface area contributed by atoms with E-state index in [9.17, 15) is 4.79 Å². The summed E-state index contributed by atoms with van der Waals surface area (Å²) in [6.07, 6.45) is 11.1. The molecule has 3 nitrogen and oxygen atoms in total. The summed E-state index contributed by atoms with van der Waals surface area (Å²) in [7, 11) is 0. The molecule has 0 aromatic rings.